The normalized spacial score (nSPS) is 13.4. The highest BCUT2D eigenvalue weighted by Gasteiger charge is 2.26. The van der Waals surface area contributed by atoms with Crippen LogP contribution >= 0.6 is 0 Å². The Morgan fingerprint density at radius 3 is 2.06 bits per heavy atom. The third-order valence-electron chi connectivity index (χ3n) is 2.12. The Labute approximate surface area is 104 Å². The molecule has 0 fully saturated rings. The zero-order chi connectivity index (χ0) is 13.6. The van der Waals surface area contributed by atoms with Crippen LogP contribution in [0.25, 0.3) is 0 Å². The second kappa shape index (κ2) is 6.62. The molecule has 0 aromatic carbocycles. The van der Waals surface area contributed by atoms with Crippen LogP contribution in [0.4, 0.5) is 0 Å². The molecule has 0 spiro atoms. The number of rotatable bonds is 5. The van der Waals surface area contributed by atoms with Crippen LogP contribution in [0.3, 0.4) is 0 Å². The van der Waals surface area contributed by atoms with Gasteiger partial charge in [0.05, 0.1) is 19.4 Å². The summed E-state index contributed by atoms with van der Waals surface area (Å²) in [5.74, 6) is -0.769. The molecule has 0 aliphatic carbocycles. The Bertz CT molecular complexity index is 263. The Hall–Kier alpha value is -1.06. The molecule has 0 aromatic rings. The van der Waals surface area contributed by atoms with E-state index >= 15 is 0 Å². The van der Waals surface area contributed by atoms with E-state index in [1.165, 1.54) is 7.11 Å². The maximum Gasteiger partial charge on any atom is 0.309 e. The number of carbonyl (C=O) groups excluding carboxylic acids is 2. The number of hydrogen-bond donors (Lipinski definition) is 0. The average Bonchev–Trinajstić information content (AvgIpc) is 2.11. The van der Waals surface area contributed by atoms with Crippen molar-refractivity contribution in [2.45, 2.75) is 53.1 Å². The van der Waals surface area contributed by atoms with Crippen LogP contribution in [0.15, 0.2) is 0 Å². The summed E-state index contributed by atoms with van der Waals surface area (Å²) in [6.45, 7) is 9.43. The predicted octanol–water partition coefficient (Wildman–Crippen LogP) is 2.55. The van der Waals surface area contributed by atoms with Crippen molar-refractivity contribution in [2.24, 2.45) is 11.8 Å². The quantitative estimate of drug-likeness (QED) is 0.697. The molecule has 4 heteroatoms. The van der Waals surface area contributed by atoms with Crippen LogP contribution in [0.5, 0.6) is 0 Å². The summed E-state index contributed by atoms with van der Waals surface area (Å²) in [6.07, 6.45) is 0.716. The van der Waals surface area contributed by atoms with Crippen LogP contribution in [-0.4, -0.2) is 24.6 Å². The molecule has 0 aliphatic heterocycles. The fourth-order valence-electron chi connectivity index (χ4n) is 1.58. The van der Waals surface area contributed by atoms with Gasteiger partial charge in [-0.1, -0.05) is 13.8 Å². The Kier molecular flexibility index (Phi) is 6.21. The van der Waals surface area contributed by atoms with Gasteiger partial charge in [0.1, 0.15) is 5.60 Å². The summed E-state index contributed by atoms with van der Waals surface area (Å²) in [6, 6.07) is 0. The van der Waals surface area contributed by atoms with Crippen LogP contribution < -0.4 is 0 Å². The Morgan fingerprint density at radius 1 is 1.18 bits per heavy atom. The van der Waals surface area contributed by atoms with Crippen molar-refractivity contribution in [2.75, 3.05) is 7.11 Å². The van der Waals surface area contributed by atoms with Crippen LogP contribution in [0, 0.1) is 11.8 Å². The van der Waals surface area contributed by atoms with E-state index in [0.29, 0.717) is 12.3 Å². The highest BCUT2D eigenvalue weighted by Crippen LogP contribution is 2.19. The summed E-state index contributed by atoms with van der Waals surface area (Å²) in [4.78, 5) is 23.2. The van der Waals surface area contributed by atoms with Gasteiger partial charge >= 0.3 is 11.9 Å². The van der Waals surface area contributed by atoms with E-state index in [1.807, 2.05) is 13.8 Å². The van der Waals surface area contributed by atoms with Gasteiger partial charge in [-0.15, -0.1) is 0 Å². The first kappa shape index (κ1) is 15.9. The van der Waals surface area contributed by atoms with Crippen molar-refractivity contribution in [1.82, 2.24) is 0 Å². The van der Waals surface area contributed by atoms with E-state index in [9.17, 15) is 9.59 Å². The lowest BCUT2D eigenvalue weighted by Gasteiger charge is -2.22. The van der Waals surface area contributed by atoms with Crippen molar-refractivity contribution in [3.63, 3.8) is 0 Å². The van der Waals surface area contributed by atoms with E-state index in [-0.39, 0.29) is 18.4 Å². The van der Waals surface area contributed by atoms with Gasteiger partial charge in [-0.2, -0.15) is 0 Å². The topological polar surface area (TPSA) is 52.6 Å². The minimum atomic E-state index is -0.518. The largest absolute Gasteiger partial charge is 0.469 e. The molecular formula is C13H24O4. The second-order valence-electron chi connectivity index (χ2n) is 5.64. The molecule has 0 unspecified atom stereocenters. The molecule has 4 nitrogen and oxygen atoms in total. The lowest BCUT2D eigenvalue weighted by molar-refractivity contribution is -0.161. The molecule has 0 bridgehead atoms. The lowest BCUT2D eigenvalue weighted by Crippen LogP contribution is -2.28. The van der Waals surface area contributed by atoms with Crippen LogP contribution in [0.1, 0.15) is 47.5 Å². The second-order valence-corrected chi connectivity index (χ2v) is 5.64. The standard InChI is InChI=1S/C13H24O4/c1-9(2)7-10(12(15)16-6)8-11(14)17-13(3,4)5/h9-10H,7-8H2,1-6H3/t10-/m0/s1. The van der Waals surface area contributed by atoms with E-state index in [2.05, 4.69) is 0 Å². The molecule has 0 heterocycles. The zero-order valence-electron chi connectivity index (χ0n) is 11.7. The predicted molar refractivity (Wildman–Crippen MR) is 65.4 cm³/mol. The fourth-order valence-corrected chi connectivity index (χ4v) is 1.58. The number of ether oxygens (including phenoxy) is 2. The molecular weight excluding hydrogens is 220 g/mol. The summed E-state index contributed by atoms with van der Waals surface area (Å²) in [5.41, 5.74) is -0.518. The van der Waals surface area contributed by atoms with Crippen molar-refractivity contribution < 1.29 is 19.1 Å². The van der Waals surface area contributed by atoms with Crippen LogP contribution in [0.2, 0.25) is 0 Å². The molecule has 0 amide bonds. The van der Waals surface area contributed by atoms with Gasteiger partial charge in [-0.25, -0.2) is 0 Å². The molecule has 0 radical (unpaired) electrons. The monoisotopic (exact) mass is 244 g/mol. The van der Waals surface area contributed by atoms with Gasteiger partial charge in [0, 0.05) is 0 Å². The van der Waals surface area contributed by atoms with Crippen molar-refractivity contribution >= 4 is 11.9 Å². The minimum absolute atomic E-state index is 0.0854. The maximum atomic E-state index is 11.6. The van der Waals surface area contributed by atoms with Crippen molar-refractivity contribution in [3.05, 3.63) is 0 Å². The Morgan fingerprint density at radius 2 is 1.71 bits per heavy atom. The molecule has 0 rings (SSSR count). The first-order valence-electron chi connectivity index (χ1n) is 5.95. The molecule has 100 valence electrons. The lowest BCUT2D eigenvalue weighted by atomic mass is 9.94. The molecule has 0 saturated heterocycles. The average molecular weight is 244 g/mol. The molecule has 1 atom stereocenters. The number of hydrogen-bond acceptors (Lipinski definition) is 4. The summed E-state index contributed by atoms with van der Waals surface area (Å²) in [7, 11) is 1.34. The van der Waals surface area contributed by atoms with E-state index < -0.39 is 11.5 Å². The first-order valence-corrected chi connectivity index (χ1v) is 5.95. The van der Waals surface area contributed by atoms with Gasteiger partial charge in [0.25, 0.3) is 0 Å². The Balaban J connectivity index is 4.43. The van der Waals surface area contributed by atoms with Gasteiger partial charge in [0.2, 0.25) is 0 Å². The molecule has 0 saturated carbocycles. The molecule has 0 aromatic heterocycles. The van der Waals surface area contributed by atoms with E-state index in [4.69, 9.17) is 9.47 Å². The highest BCUT2D eigenvalue weighted by atomic mass is 16.6. The van der Waals surface area contributed by atoms with Crippen LogP contribution in [-0.2, 0) is 19.1 Å². The number of carbonyl (C=O) groups is 2. The van der Waals surface area contributed by atoms with Gasteiger partial charge in [-0.05, 0) is 33.1 Å². The molecule has 17 heavy (non-hydrogen) atoms. The first-order chi connectivity index (χ1) is 7.65. The summed E-state index contributed by atoms with van der Waals surface area (Å²) in [5, 5.41) is 0. The number of methoxy groups -OCH3 is 1. The van der Waals surface area contributed by atoms with Gasteiger partial charge < -0.3 is 9.47 Å². The third kappa shape index (κ3) is 7.77. The summed E-state index contributed by atoms with van der Waals surface area (Å²) >= 11 is 0. The van der Waals surface area contributed by atoms with E-state index in [0.717, 1.165) is 0 Å². The molecule has 0 N–H and O–H groups in total. The fraction of sp³-hybridized carbons (Fsp3) is 0.846. The minimum Gasteiger partial charge on any atom is -0.469 e. The van der Waals surface area contributed by atoms with E-state index in [1.54, 1.807) is 20.8 Å². The van der Waals surface area contributed by atoms with Crippen molar-refractivity contribution in [1.29, 1.82) is 0 Å². The highest BCUT2D eigenvalue weighted by molar-refractivity contribution is 5.80. The smallest absolute Gasteiger partial charge is 0.309 e. The van der Waals surface area contributed by atoms with Gasteiger partial charge in [-0.3, -0.25) is 9.59 Å². The molecule has 0 aliphatic rings. The maximum absolute atomic E-state index is 11.6. The third-order valence-corrected chi connectivity index (χ3v) is 2.12. The number of esters is 2. The summed E-state index contributed by atoms with van der Waals surface area (Å²) < 4.78 is 9.90. The zero-order valence-corrected chi connectivity index (χ0v) is 11.7. The van der Waals surface area contributed by atoms with Gasteiger partial charge in [0.15, 0.2) is 0 Å². The SMILES string of the molecule is COC(=O)[C@H](CC(=O)OC(C)(C)C)CC(C)C. The van der Waals surface area contributed by atoms with Crippen molar-refractivity contribution in [3.8, 4) is 0 Å².